The summed E-state index contributed by atoms with van der Waals surface area (Å²) in [6.07, 6.45) is 4.08. The van der Waals surface area contributed by atoms with Gasteiger partial charge in [-0.1, -0.05) is 0 Å². The third kappa shape index (κ3) is 2.45. The number of nitrogen functional groups attached to an aromatic ring is 1. The van der Waals surface area contributed by atoms with Crippen molar-refractivity contribution in [2.24, 2.45) is 0 Å². The third-order valence-corrected chi connectivity index (χ3v) is 3.32. The number of carbonyl (C=O) groups excluding carboxylic acids is 1. The Kier molecular flexibility index (Phi) is 3.06. The van der Waals surface area contributed by atoms with Crippen LogP contribution in [-0.2, 0) is 17.8 Å². The largest absolute Gasteiger partial charge is 0.397 e. The summed E-state index contributed by atoms with van der Waals surface area (Å²) < 4.78 is 1.86. The minimum atomic E-state index is 0.0149. The van der Waals surface area contributed by atoms with E-state index < -0.39 is 0 Å². The second-order valence-electron chi connectivity index (χ2n) is 5.10. The van der Waals surface area contributed by atoms with E-state index in [4.69, 9.17) is 5.73 Å². The van der Waals surface area contributed by atoms with E-state index >= 15 is 0 Å². The van der Waals surface area contributed by atoms with E-state index in [1.54, 1.807) is 6.20 Å². The molecule has 0 bridgehead atoms. The van der Waals surface area contributed by atoms with Crippen LogP contribution in [0, 0.1) is 0 Å². The monoisotopic (exact) mass is 271 g/mol. The quantitative estimate of drug-likeness (QED) is 0.735. The topological polar surface area (TPSA) is 85.0 Å². The van der Waals surface area contributed by atoms with Gasteiger partial charge in [-0.15, -0.1) is 0 Å². The molecule has 6 nitrogen and oxygen atoms in total. The van der Waals surface area contributed by atoms with Crippen molar-refractivity contribution < 1.29 is 4.79 Å². The Morgan fingerprint density at radius 2 is 2.40 bits per heavy atom. The predicted octanol–water partition coefficient (Wildman–Crippen LogP) is 1.46. The molecule has 6 heteroatoms. The van der Waals surface area contributed by atoms with Crippen molar-refractivity contribution in [1.82, 2.24) is 9.78 Å². The molecule has 2 aromatic rings. The molecule has 1 amide bonds. The van der Waals surface area contributed by atoms with Gasteiger partial charge in [-0.25, -0.2) is 0 Å². The van der Waals surface area contributed by atoms with Gasteiger partial charge < -0.3 is 16.4 Å². The fourth-order valence-electron chi connectivity index (χ4n) is 2.42. The molecule has 1 unspecified atom stereocenters. The Morgan fingerprint density at radius 1 is 1.55 bits per heavy atom. The lowest BCUT2D eigenvalue weighted by molar-refractivity contribution is -0.115. The SMILES string of the molecule is CC(Cn1cccn1)Nc1cc2c(cc1N)CC(=O)N2. The van der Waals surface area contributed by atoms with Crippen molar-refractivity contribution in [1.29, 1.82) is 0 Å². The van der Waals surface area contributed by atoms with Crippen molar-refractivity contribution in [3.63, 3.8) is 0 Å². The fourth-order valence-corrected chi connectivity index (χ4v) is 2.42. The lowest BCUT2D eigenvalue weighted by atomic mass is 10.1. The zero-order valence-electron chi connectivity index (χ0n) is 11.3. The van der Waals surface area contributed by atoms with Gasteiger partial charge in [0, 0.05) is 24.1 Å². The van der Waals surface area contributed by atoms with Crippen LogP contribution in [0.15, 0.2) is 30.6 Å². The Hall–Kier alpha value is -2.50. The van der Waals surface area contributed by atoms with E-state index in [2.05, 4.69) is 22.7 Å². The van der Waals surface area contributed by atoms with E-state index in [-0.39, 0.29) is 11.9 Å². The highest BCUT2D eigenvalue weighted by Gasteiger charge is 2.19. The second kappa shape index (κ2) is 4.88. The number of anilines is 3. The van der Waals surface area contributed by atoms with Gasteiger partial charge in [0.1, 0.15) is 0 Å². The van der Waals surface area contributed by atoms with Crippen LogP contribution in [0.5, 0.6) is 0 Å². The molecular weight excluding hydrogens is 254 g/mol. The number of carbonyl (C=O) groups is 1. The molecule has 20 heavy (non-hydrogen) atoms. The number of aromatic nitrogens is 2. The van der Waals surface area contributed by atoms with Gasteiger partial charge in [0.15, 0.2) is 0 Å². The molecule has 3 rings (SSSR count). The van der Waals surface area contributed by atoms with Gasteiger partial charge in [0.2, 0.25) is 5.91 Å². The first-order chi connectivity index (χ1) is 9.61. The van der Waals surface area contributed by atoms with E-state index in [9.17, 15) is 4.79 Å². The summed E-state index contributed by atoms with van der Waals surface area (Å²) in [6, 6.07) is 5.82. The molecule has 0 fully saturated rings. The fraction of sp³-hybridized carbons (Fsp3) is 0.286. The summed E-state index contributed by atoms with van der Waals surface area (Å²) in [5.74, 6) is 0.0149. The first-order valence-electron chi connectivity index (χ1n) is 6.58. The molecule has 0 spiro atoms. The molecular formula is C14H17N5O. The number of rotatable bonds is 4. The van der Waals surface area contributed by atoms with Crippen molar-refractivity contribution in [2.45, 2.75) is 25.9 Å². The Bertz CT molecular complexity index is 635. The number of benzene rings is 1. The van der Waals surface area contributed by atoms with Crippen LogP contribution >= 0.6 is 0 Å². The highest BCUT2D eigenvalue weighted by molar-refractivity contribution is 6.00. The van der Waals surface area contributed by atoms with Gasteiger partial charge in [0.05, 0.1) is 24.3 Å². The van der Waals surface area contributed by atoms with Crippen molar-refractivity contribution in [2.75, 3.05) is 16.4 Å². The minimum Gasteiger partial charge on any atom is -0.397 e. The van der Waals surface area contributed by atoms with Gasteiger partial charge in [-0.3, -0.25) is 9.48 Å². The summed E-state index contributed by atoms with van der Waals surface area (Å²) in [5, 5.41) is 10.4. The summed E-state index contributed by atoms with van der Waals surface area (Å²) in [6.45, 7) is 2.81. The second-order valence-corrected chi connectivity index (χ2v) is 5.10. The molecule has 0 saturated heterocycles. The highest BCUT2D eigenvalue weighted by Crippen LogP contribution is 2.31. The number of nitrogens with two attached hydrogens (primary N) is 1. The normalized spacial score (nSPS) is 14.8. The number of nitrogens with one attached hydrogen (secondary N) is 2. The molecule has 1 aliphatic rings. The summed E-state index contributed by atoms with van der Waals surface area (Å²) in [5.41, 5.74) is 9.34. The molecule has 1 aliphatic heterocycles. The van der Waals surface area contributed by atoms with Crippen LogP contribution in [0.3, 0.4) is 0 Å². The standard InChI is InChI=1S/C14H17N5O/c1-9(8-19-4-2-3-16-19)17-13-7-12-10(5-11(13)15)6-14(20)18-12/h2-5,7,9,17H,6,8,15H2,1H3,(H,18,20). The first kappa shape index (κ1) is 12.5. The van der Waals surface area contributed by atoms with Gasteiger partial charge >= 0.3 is 0 Å². The van der Waals surface area contributed by atoms with Crippen molar-refractivity contribution in [3.8, 4) is 0 Å². The van der Waals surface area contributed by atoms with Crippen molar-refractivity contribution >= 4 is 23.0 Å². The zero-order chi connectivity index (χ0) is 14.1. The Morgan fingerprint density at radius 3 is 3.15 bits per heavy atom. The molecule has 1 aromatic heterocycles. The smallest absolute Gasteiger partial charge is 0.228 e. The third-order valence-electron chi connectivity index (χ3n) is 3.32. The van der Waals surface area contributed by atoms with Crippen LogP contribution in [0.1, 0.15) is 12.5 Å². The maximum Gasteiger partial charge on any atom is 0.228 e. The van der Waals surface area contributed by atoms with Gasteiger partial charge in [0.25, 0.3) is 0 Å². The summed E-state index contributed by atoms with van der Waals surface area (Å²) >= 11 is 0. The maximum atomic E-state index is 11.4. The zero-order valence-corrected chi connectivity index (χ0v) is 11.3. The van der Waals surface area contributed by atoms with E-state index in [0.717, 1.165) is 23.5 Å². The van der Waals surface area contributed by atoms with Crippen LogP contribution < -0.4 is 16.4 Å². The summed E-state index contributed by atoms with van der Waals surface area (Å²) in [4.78, 5) is 11.4. The molecule has 0 radical (unpaired) electrons. The Labute approximate surface area is 117 Å². The molecule has 1 atom stereocenters. The van der Waals surface area contributed by atoms with Gasteiger partial charge in [-0.2, -0.15) is 5.10 Å². The lowest BCUT2D eigenvalue weighted by Crippen LogP contribution is -2.22. The van der Waals surface area contributed by atoms with Crippen LogP contribution in [0.2, 0.25) is 0 Å². The molecule has 0 saturated carbocycles. The van der Waals surface area contributed by atoms with Crippen LogP contribution in [-0.4, -0.2) is 21.7 Å². The minimum absolute atomic E-state index is 0.0149. The highest BCUT2D eigenvalue weighted by atomic mass is 16.1. The van der Waals surface area contributed by atoms with E-state index in [1.807, 2.05) is 29.1 Å². The lowest BCUT2D eigenvalue weighted by Gasteiger charge is -2.18. The van der Waals surface area contributed by atoms with Crippen LogP contribution in [0.4, 0.5) is 17.1 Å². The van der Waals surface area contributed by atoms with Gasteiger partial charge in [-0.05, 0) is 30.7 Å². The van der Waals surface area contributed by atoms with Crippen molar-refractivity contribution in [3.05, 3.63) is 36.2 Å². The van der Waals surface area contributed by atoms with E-state index in [0.29, 0.717) is 12.1 Å². The first-order valence-corrected chi connectivity index (χ1v) is 6.58. The predicted molar refractivity (Wildman–Crippen MR) is 78.5 cm³/mol. The average molecular weight is 271 g/mol. The molecule has 104 valence electrons. The molecule has 1 aromatic carbocycles. The summed E-state index contributed by atoms with van der Waals surface area (Å²) in [7, 11) is 0. The number of nitrogens with zero attached hydrogens (tertiary/aromatic N) is 2. The molecule has 2 heterocycles. The molecule has 0 aliphatic carbocycles. The number of amides is 1. The Balaban J connectivity index is 1.74. The number of hydrogen-bond acceptors (Lipinski definition) is 4. The average Bonchev–Trinajstić information content (AvgIpc) is 2.98. The molecule has 4 N–H and O–H groups in total. The number of hydrogen-bond donors (Lipinski definition) is 3. The maximum absolute atomic E-state index is 11.4. The van der Waals surface area contributed by atoms with Crippen LogP contribution in [0.25, 0.3) is 0 Å². The van der Waals surface area contributed by atoms with E-state index in [1.165, 1.54) is 0 Å². The number of fused-ring (bicyclic) bond motifs is 1.